The van der Waals surface area contributed by atoms with E-state index in [1.807, 2.05) is 0 Å². The molecule has 1 heterocycles. The molecule has 0 saturated carbocycles. The molecule has 2 aromatic rings. The van der Waals surface area contributed by atoms with E-state index in [9.17, 15) is 13.2 Å². The molecule has 1 aromatic heterocycles. The highest BCUT2D eigenvalue weighted by molar-refractivity contribution is 5.57. The number of nitrogens with zero attached hydrogens (tertiary/aromatic N) is 3. The molecule has 0 aliphatic heterocycles. The average molecular weight is 295 g/mol. The van der Waals surface area contributed by atoms with Crippen molar-refractivity contribution in [3.63, 3.8) is 0 Å². The summed E-state index contributed by atoms with van der Waals surface area (Å²) in [4.78, 5) is 4.07. The summed E-state index contributed by atoms with van der Waals surface area (Å²) in [5, 5.41) is 13.0. The summed E-state index contributed by atoms with van der Waals surface area (Å²) in [5.41, 5.74) is -0.473. The largest absolute Gasteiger partial charge is 0.416 e. The Hall–Kier alpha value is -2.64. The maximum atomic E-state index is 12.6. The lowest BCUT2D eigenvalue weighted by molar-refractivity contribution is -0.137. The molecule has 0 aliphatic rings. The Bertz CT molecular complexity index is 627. The van der Waals surface area contributed by atoms with Crippen molar-refractivity contribution >= 4 is 17.5 Å². The van der Waals surface area contributed by atoms with Crippen LogP contribution >= 0.6 is 0 Å². The molecule has 0 atom stereocenters. The van der Waals surface area contributed by atoms with Gasteiger partial charge in [-0.15, -0.1) is 11.7 Å². The van der Waals surface area contributed by atoms with E-state index < -0.39 is 11.7 Å². The molecule has 21 heavy (non-hydrogen) atoms. The van der Waals surface area contributed by atoms with Crippen LogP contribution in [0.15, 0.2) is 43.1 Å². The number of halogens is 3. The number of hydrogen-bond donors (Lipinski definition) is 2. The number of anilines is 3. The molecule has 0 aliphatic carbocycles. The van der Waals surface area contributed by atoms with Gasteiger partial charge in [0.15, 0.2) is 5.82 Å². The topological polar surface area (TPSA) is 62.7 Å². The van der Waals surface area contributed by atoms with Crippen LogP contribution in [0.1, 0.15) is 5.56 Å². The quantitative estimate of drug-likeness (QED) is 0.829. The van der Waals surface area contributed by atoms with Gasteiger partial charge in [0.25, 0.3) is 0 Å². The highest BCUT2D eigenvalue weighted by Crippen LogP contribution is 2.31. The summed E-state index contributed by atoms with van der Waals surface area (Å²) < 4.78 is 37.9. The first-order chi connectivity index (χ1) is 9.99. The van der Waals surface area contributed by atoms with Crippen molar-refractivity contribution in [2.45, 2.75) is 6.18 Å². The molecule has 110 valence electrons. The smallest absolute Gasteiger partial charge is 0.349 e. The summed E-state index contributed by atoms with van der Waals surface area (Å²) in [7, 11) is 0. The fourth-order valence-corrected chi connectivity index (χ4v) is 1.52. The molecule has 0 saturated heterocycles. The van der Waals surface area contributed by atoms with Gasteiger partial charge in [-0.3, -0.25) is 0 Å². The van der Waals surface area contributed by atoms with Crippen LogP contribution in [-0.4, -0.2) is 21.7 Å². The predicted octanol–water partition coefficient (Wildman–Crippen LogP) is 3.23. The minimum Gasteiger partial charge on any atom is -0.349 e. The molecule has 1 aromatic carbocycles. The second-order valence-electron chi connectivity index (χ2n) is 4.04. The Morgan fingerprint density at radius 3 is 2.81 bits per heavy atom. The number of hydrogen-bond acceptors (Lipinski definition) is 5. The molecule has 0 amide bonds. The number of benzene rings is 1. The first-order valence-corrected chi connectivity index (χ1v) is 5.98. The normalized spacial score (nSPS) is 11.0. The number of aromatic nitrogens is 3. The van der Waals surface area contributed by atoms with Crippen molar-refractivity contribution in [2.75, 3.05) is 17.2 Å². The lowest BCUT2D eigenvalue weighted by Crippen LogP contribution is -2.07. The van der Waals surface area contributed by atoms with E-state index >= 15 is 0 Å². The molecule has 2 rings (SSSR count). The highest BCUT2D eigenvalue weighted by atomic mass is 19.4. The molecular weight excluding hydrogens is 283 g/mol. The molecular formula is C13H12F3N5. The van der Waals surface area contributed by atoms with Crippen molar-refractivity contribution < 1.29 is 13.2 Å². The molecule has 0 fully saturated rings. The SMILES string of the molecule is C=CCNc1nncc(Nc2cccc(C(F)(F)F)c2)n1. The lowest BCUT2D eigenvalue weighted by Gasteiger charge is -2.10. The minimum atomic E-state index is -4.39. The van der Waals surface area contributed by atoms with Gasteiger partial charge in [-0.05, 0) is 18.2 Å². The molecule has 8 heteroatoms. The Morgan fingerprint density at radius 2 is 2.10 bits per heavy atom. The summed E-state index contributed by atoms with van der Waals surface area (Å²) in [6, 6.07) is 4.82. The third kappa shape index (κ3) is 4.16. The van der Waals surface area contributed by atoms with Gasteiger partial charge in [-0.1, -0.05) is 12.1 Å². The highest BCUT2D eigenvalue weighted by Gasteiger charge is 2.30. The predicted molar refractivity (Wildman–Crippen MR) is 73.2 cm³/mol. The maximum absolute atomic E-state index is 12.6. The molecule has 5 nitrogen and oxygen atoms in total. The van der Waals surface area contributed by atoms with Crippen LogP contribution in [0.4, 0.5) is 30.6 Å². The van der Waals surface area contributed by atoms with Crippen LogP contribution < -0.4 is 10.6 Å². The number of nitrogens with one attached hydrogen (secondary N) is 2. The first-order valence-electron chi connectivity index (χ1n) is 5.98. The fourth-order valence-electron chi connectivity index (χ4n) is 1.52. The van der Waals surface area contributed by atoms with Crippen LogP contribution in [0.3, 0.4) is 0 Å². The van der Waals surface area contributed by atoms with Gasteiger partial charge >= 0.3 is 6.18 Å². The van der Waals surface area contributed by atoms with Gasteiger partial charge < -0.3 is 10.6 Å². The van der Waals surface area contributed by atoms with Crippen LogP contribution in [0.5, 0.6) is 0 Å². The standard InChI is InChI=1S/C13H12F3N5/c1-2-6-17-12-20-11(8-18-21-12)19-10-5-3-4-9(7-10)13(14,15)16/h2-5,7-8H,1,6H2,(H2,17,19,20,21). The third-order valence-electron chi connectivity index (χ3n) is 2.43. The van der Waals surface area contributed by atoms with E-state index in [2.05, 4.69) is 32.4 Å². The van der Waals surface area contributed by atoms with E-state index in [4.69, 9.17) is 0 Å². The Labute approximate surface area is 118 Å². The van der Waals surface area contributed by atoms with Gasteiger partial charge in [-0.25, -0.2) is 0 Å². The lowest BCUT2D eigenvalue weighted by atomic mass is 10.2. The van der Waals surface area contributed by atoms with E-state index in [0.717, 1.165) is 12.1 Å². The van der Waals surface area contributed by atoms with Gasteiger partial charge in [-0.2, -0.15) is 23.3 Å². The molecule has 0 spiro atoms. The zero-order chi connectivity index (χ0) is 15.3. The van der Waals surface area contributed by atoms with Gasteiger partial charge in [0.05, 0.1) is 11.8 Å². The second-order valence-corrected chi connectivity index (χ2v) is 4.04. The van der Waals surface area contributed by atoms with Crippen molar-refractivity contribution in [1.29, 1.82) is 0 Å². The second kappa shape index (κ2) is 6.21. The zero-order valence-corrected chi connectivity index (χ0v) is 10.9. The zero-order valence-electron chi connectivity index (χ0n) is 10.9. The molecule has 0 radical (unpaired) electrons. The van der Waals surface area contributed by atoms with Crippen LogP contribution in [0.2, 0.25) is 0 Å². The van der Waals surface area contributed by atoms with Gasteiger partial charge in [0.1, 0.15) is 0 Å². The van der Waals surface area contributed by atoms with Crippen LogP contribution in [0, 0.1) is 0 Å². The van der Waals surface area contributed by atoms with Gasteiger partial charge in [0, 0.05) is 12.2 Å². The van der Waals surface area contributed by atoms with Crippen molar-refractivity contribution in [2.24, 2.45) is 0 Å². The van der Waals surface area contributed by atoms with Crippen LogP contribution in [-0.2, 0) is 6.18 Å². The summed E-state index contributed by atoms with van der Waals surface area (Å²) >= 11 is 0. The summed E-state index contributed by atoms with van der Waals surface area (Å²) in [6.45, 7) is 3.99. The summed E-state index contributed by atoms with van der Waals surface area (Å²) in [5.74, 6) is 0.544. The molecule has 0 unspecified atom stereocenters. The van der Waals surface area contributed by atoms with E-state index in [1.54, 1.807) is 6.08 Å². The van der Waals surface area contributed by atoms with Gasteiger partial charge in [0.2, 0.25) is 5.95 Å². The average Bonchev–Trinajstić information content (AvgIpc) is 2.45. The third-order valence-corrected chi connectivity index (χ3v) is 2.43. The van der Waals surface area contributed by atoms with Crippen molar-refractivity contribution in [3.05, 3.63) is 48.7 Å². The Morgan fingerprint density at radius 1 is 1.29 bits per heavy atom. The fraction of sp³-hybridized carbons (Fsp3) is 0.154. The van der Waals surface area contributed by atoms with E-state index in [-0.39, 0.29) is 17.5 Å². The first kappa shape index (κ1) is 14.8. The summed E-state index contributed by atoms with van der Waals surface area (Å²) in [6.07, 6.45) is -1.45. The molecule has 0 bridgehead atoms. The van der Waals surface area contributed by atoms with E-state index in [0.29, 0.717) is 6.54 Å². The Kier molecular flexibility index (Phi) is 4.36. The number of rotatable bonds is 5. The number of alkyl halides is 3. The van der Waals surface area contributed by atoms with Crippen molar-refractivity contribution in [1.82, 2.24) is 15.2 Å². The van der Waals surface area contributed by atoms with Crippen LogP contribution in [0.25, 0.3) is 0 Å². The van der Waals surface area contributed by atoms with Crippen molar-refractivity contribution in [3.8, 4) is 0 Å². The maximum Gasteiger partial charge on any atom is 0.416 e. The monoisotopic (exact) mass is 295 g/mol. The van der Waals surface area contributed by atoms with E-state index in [1.165, 1.54) is 18.3 Å². The molecule has 2 N–H and O–H groups in total. The minimum absolute atomic E-state index is 0.256. The Balaban J connectivity index is 2.16.